The summed E-state index contributed by atoms with van der Waals surface area (Å²) in [7, 11) is 0. The van der Waals surface area contributed by atoms with E-state index in [9.17, 15) is 14.7 Å². The highest BCUT2D eigenvalue weighted by molar-refractivity contribution is 6.46. The predicted octanol–water partition coefficient (Wildman–Crippen LogP) is 4.53. The number of hydrogen-bond donors (Lipinski definition) is 1. The number of amides is 1. The number of benzene rings is 2. The van der Waals surface area contributed by atoms with Crippen molar-refractivity contribution in [3.63, 3.8) is 0 Å². The Morgan fingerprint density at radius 3 is 2.31 bits per heavy atom. The molecule has 0 aromatic heterocycles. The molecule has 186 valence electrons. The van der Waals surface area contributed by atoms with Gasteiger partial charge in [0.1, 0.15) is 11.5 Å². The van der Waals surface area contributed by atoms with Gasteiger partial charge in [-0.05, 0) is 75.6 Å². The van der Waals surface area contributed by atoms with Crippen LogP contribution in [0.3, 0.4) is 0 Å². The number of nitrogens with zero attached hydrogens (tertiary/aromatic N) is 2. The van der Waals surface area contributed by atoms with Gasteiger partial charge in [0, 0.05) is 37.5 Å². The van der Waals surface area contributed by atoms with Gasteiger partial charge in [-0.2, -0.15) is 0 Å². The zero-order chi connectivity index (χ0) is 24.9. The number of ether oxygens (including phenoxy) is 2. The molecule has 2 heterocycles. The van der Waals surface area contributed by atoms with Gasteiger partial charge in [0.25, 0.3) is 11.7 Å². The molecule has 7 nitrogen and oxygen atoms in total. The Morgan fingerprint density at radius 1 is 1.06 bits per heavy atom. The van der Waals surface area contributed by atoms with Gasteiger partial charge < -0.3 is 24.4 Å². The lowest BCUT2D eigenvalue weighted by Crippen LogP contribution is -2.36. The molecule has 1 amide bonds. The van der Waals surface area contributed by atoms with Crippen molar-refractivity contribution in [2.75, 3.05) is 37.7 Å². The monoisotopic (exact) mass is 478 g/mol. The molecular formula is C28H34N2O5. The summed E-state index contributed by atoms with van der Waals surface area (Å²) in [6.45, 7) is 9.36. The molecule has 2 fully saturated rings. The predicted molar refractivity (Wildman–Crippen MR) is 136 cm³/mol. The highest BCUT2D eigenvalue weighted by Gasteiger charge is 2.47. The second-order valence-corrected chi connectivity index (χ2v) is 8.81. The highest BCUT2D eigenvalue weighted by atomic mass is 16.5. The van der Waals surface area contributed by atoms with E-state index in [1.807, 2.05) is 31.2 Å². The Labute approximate surface area is 206 Å². The first-order valence-corrected chi connectivity index (χ1v) is 12.5. The van der Waals surface area contributed by atoms with E-state index < -0.39 is 17.7 Å². The topological polar surface area (TPSA) is 79.3 Å². The minimum Gasteiger partial charge on any atom is -0.507 e. The third kappa shape index (κ3) is 5.05. The summed E-state index contributed by atoms with van der Waals surface area (Å²) in [5.41, 5.74) is 2.42. The van der Waals surface area contributed by atoms with Gasteiger partial charge in [-0.15, -0.1) is 0 Å². The van der Waals surface area contributed by atoms with Crippen molar-refractivity contribution in [3.05, 3.63) is 65.2 Å². The molecule has 0 aliphatic carbocycles. The SMILES string of the molecule is CCOc1ccc(/C(O)=C2/C(=O)C(=O)N(CC3CCCO3)C2c2ccc(N(CC)CC)cc2)cc1. The first kappa shape index (κ1) is 24.8. The number of carbonyl (C=O) groups is 2. The summed E-state index contributed by atoms with van der Waals surface area (Å²) in [6.07, 6.45) is 1.66. The van der Waals surface area contributed by atoms with E-state index in [0.29, 0.717) is 31.1 Å². The van der Waals surface area contributed by atoms with Crippen LogP contribution in [-0.4, -0.2) is 60.6 Å². The summed E-state index contributed by atoms with van der Waals surface area (Å²) < 4.78 is 11.3. The Morgan fingerprint density at radius 2 is 1.74 bits per heavy atom. The number of Topliss-reactive ketones (excluding diaryl/α,β-unsaturated/α-hetero) is 1. The van der Waals surface area contributed by atoms with E-state index in [0.717, 1.165) is 37.2 Å². The highest BCUT2D eigenvalue weighted by Crippen LogP contribution is 2.40. The molecule has 2 aliphatic heterocycles. The van der Waals surface area contributed by atoms with Gasteiger partial charge in [-0.1, -0.05) is 12.1 Å². The van der Waals surface area contributed by atoms with Crippen LogP contribution in [0, 0.1) is 0 Å². The third-order valence-corrected chi connectivity index (χ3v) is 6.74. The quantitative estimate of drug-likeness (QED) is 0.324. The zero-order valence-electron chi connectivity index (χ0n) is 20.7. The van der Waals surface area contributed by atoms with Crippen LogP contribution in [0.25, 0.3) is 5.76 Å². The van der Waals surface area contributed by atoms with Gasteiger partial charge in [0.15, 0.2) is 0 Å². The number of likely N-dealkylation sites (tertiary alicyclic amines) is 1. The zero-order valence-corrected chi connectivity index (χ0v) is 20.7. The van der Waals surface area contributed by atoms with E-state index in [1.165, 1.54) is 0 Å². The molecule has 2 aromatic carbocycles. The second kappa shape index (κ2) is 11.0. The van der Waals surface area contributed by atoms with Gasteiger partial charge in [-0.25, -0.2) is 0 Å². The van der Waals surface area contributed by atoms with Crippen molar-refractivity contribution >= 4 is 23.1 Å². The smallest absolute Gasteiger partial charge is 0.295 e. The van der Waals surface area contributed by atoms with Crippen LogP contribution < -0.4 is 9.64 Å². The maximum absolute atomic E-state index is 13.2. The molecule has 4 rings (SSSR count). The van der Waals surface area contributed by atoms with Crippen LogP contribution in [0.2, 0.25) is 0 Å². The first-order chi connectivity index (χ1) is 17.0. The molecule has 2 aliphatic rings. The fourth-order valence-electron chi connectivity index (χ4n) is 4.91. The Kier molecular flexibility index (Phi) is 7.76. The standard InChI is InChI=1S/C28H34N2O5/c1-4-29(5-2)21-13-9-19(10-14-21)25-24(26(31)20-11-15-22(16-12-20)34-6-3)27(32)28(33)30(25)18-23-8-7-17-35-23/h9-16,23,25,31H,4-8,17-18H2,1-3H3/b26-24-. The minimum atomic E-state index is -0.684. The van der Waals surface area contributed by atoms with Crippen molar-refractivity contribution in [2.45, 2.75) is 45.8 Å². The van der Waals surface area contributed by atoms with Gasteiger partial charge in [0.05, 0.1) is 24.3 Å². The van der Waals surface area contributed by atoms with Crippen LogP contribution in [0.5, 0.6) is 5.75 Å². The molecule has 2 unspecified atom stereocenters. The number of hydrogen-bond acceptors (Lipinski definition) is 6. The average Bonchev–Trinajstić information content (AvgIpc) is 3.48. The third-order valence-electron chi connectivity index (χ3n) is 6.74. The molecule has 2 atom stereocenters. The summed E-state index contributed by atoms with van der Waals surface area (Å²) >= 11 is 0. The van der Waals surface area contributed by atoms with Crippen LogP contribution in [0.15, 0.2) is 54.1 Å². The Hall–Kier alpha value is -3.32. The Balaban J connectivity index is 1.76. The largest absolute Gasteiger partial charge is 0.507 e. The van der Waals surface area contributed by atoms with Crippen LogP contribution >= 0.6 is 0 Å². The molecule has 0 saturated carbocycles. The maximum atomic E-state index is 13.2. The van der Waals surface area contributed by atoms with Crippen LogP contribution in [0.1, 0.15) is 50.8 Å². The second-order valence-electron chi connectivity index (χ2n) is 8.81. The molecule has 0 bridgehead atoms. The summed E-state index contributed by atoms with van der Waals surface area (Å²) in [5, 5.41) is 11.3. The molecule has 7 heteroatoms. The lowest BCUT2D eigenvalue weighted by molar-refractivity contribution is -0.140. The molecule has 35 heavy (non-hydrogen) atoms. The first-order valence-electron chi connectivity index (χ1n) is 12.5. The number of aliphatic hydroxyl groups excluding tert-OH is 1. The average molecular weight is 479 g/mol. The van der Waals surface area contributed by atoms with Gasteiger partial charge >= 0.3 is 0 Å². The van der Waals surface area contributed by atoms with E-state index in [-0.39, 0.29) is 17.4 Å². The van der Waals surface area contributed by atoms with Crippen molar-refractivity contribution in [2.24, 2.45) is 0 Å². The minimum absolute atomic E-state index is 0.104. The van der Waals surface area contributed by atoms with E-state index in [4.69, 9.17) is 9.47 Å². The fourth-order valence-corrected chi connectivity index (χ4v) is 4.91. The molecule has 0 spiro atoms. The normalized spacial score (nSPS) is 21.5. The van der Waals surface area contributed by atoms with Crippen molar-refractivity contribution in [3.8, 4) is 5.75 Å². The maximum Gasteiger partial charge on any atom is 0.295 e. The fraction of sp³-hybridized carbons (Fsp3) is 0.429. The van der Waals surface area contributed by atoms with E-state index >= 15 is 0 Å². The number of ketones is 1. The lowest BCUT2D eigenvalue weighted by atomic mass is 9.95. The molecule has 2 aromatic rings. The molecule has 2 saturated heterocycles. The molecule has 0 radical (unpaired) electrons. The molecular weight excluding hydrogens is 444 g/mol. The van der Waals surface area contributed by atoms with Gasteiger partial charge in [-0.3, -0.25) is 9.59 Å². The lowest BCUT2D eigenvalue weighted by Gasteiger charge is -2.28. The summed E-state index contributed by atoms with van der Waals surface area (Å²) in [5.74, 6) is -0.788. The summed E-state index contributed by atoms with van der Waals surface area (Å²) in [6, 6.07) is 14.1. The summed E-state index contributed by atoms with van der Waals surface area (Å²) in [4.78, 5) is 30.2. The number of aliphatic hydroxyl groups is 1. The Bertz CT molecular complexity index is 1070. The van der Waals surface area contributed by atoms with Crippen molar-refractivity contribution in [1.82, 2.24) is 4.90 Å². The van der Waals surface area contributed by atoms with Crippen molar-refractivity contribution < 1.29 is 24.2 Å². The van der Waals surface area contributed by atoms with E-state index in [2.05, 4.69) is 18.7 Å². The number of carbonyl (C=O) groups excluding carboxylic acids is 2. The molecule has 1 N–H and O–H groups in total. The van der Waals surface area contributed by atoms with Crippen LogP contribution in [-0.2, 0) is 14.3 Å². The van der Waals surface area contributed by atoms with Crippen LogP contribution in [0.4, 0.5) is 5.69 Å². The van der Waals surface area contributed by atoms with E-state index in [1.54, 1.807) is 29.2 Å². The van der Waals surface area contributed by atoms with Gasteiger partial charge in [0.2, 0.25) is 0 Å². The number of rotatable bonds is 9. The number of anilines is 1. The van der Waals surface area contributed by atoms with Crippen molar-refractivity contribution in [1.29, 1.82) is 0 Å².